The molecule has 0 aliphatic carbocycles. The second-order valence-corrected chi connectivity index (χ2v) is 8.32. The van der Waals surface area contributed by atoms with Crippen molar-refractivity contribution in [1.82, 2.24) is 5.43 Å². The molecule has 3 rings (SSSR count). The molecule has 5 nitrogen and oxygen atoms in total. The number of nitrogens with one attached hydrogen (secondary N) is 1. The number of hydrogen-bond acceptors (Lipinski definition) is 5. The molecule has 0 spiro atoms. The van der Waals surface area contributed by atoms with Crippen molar-refractivity contribution < 1.29 is 9.21 Å². The van der Waals surface area contributed by atoms with Crippen molar-refractivity contribution in [1.29, 1.82) is 0 Å². The lowest BCUT2D eigenvalue weighted by molar-refractivity contribution is 0.0955. The van der Waals surface area contributed by atoms with Crippen molar-refractivity contribution >= 4 is 57.1 Å². The largest absolute Gasteiger partial charge is 0.447 e. The molecule has 0 aliphatic rings. The van der Waals surface area contributed by atoms with Crippen LogP contribution in [0.5, 0.6) is 0 Å². The molecule has 0 bridgehead atoms. The monoisotopic (exact) mass is 477 g/mol. The number of nitrogens with zero attached hydrogens (tertiary/aromatic N) is 2. The van der Waals surface area contributed by atoms with Gasteiger partial charge in [0.2, 0.25) is 0 Å². The smallest absolute Gasteiger partial charge is 0.271 e. The van der Waals surface area contributed by atoms with Crippen LogP contribution in [0.25, 0.3) is 0 Å². The number of benzene rings is 2. The number of furan rings is 1. The van der Waals surface area contributed by atoms with Gasteiger partial charge in [0.05, 0.1) is 10.7 Å². The zero-order valence-corrected chi connectivity index (χ0v) is 18.3. The maximum atomic E-state index is 12.3. The molecular weight excluding hydrogens is 462 g/mol. The topological polar surface area (TPSA) is 57.8 Å². The minimum atomic E-state index is -0.290. The number of rotatable bonds is 6. The second kappa shape index (κ2) is 9.32. The highest BCUT2D eigenvalue weighted by Gasteiger charge is 2.10. The van der Waals surface area contributed by atoms with Crippen LogP contribution in [0.15, 0.2) is 78.6 Å². The van der Waals surface area contributed by atoms with Crippen LogP contribution in [0.4, 0.5) is 5.69 Å². The molecule has 1 N–H and O–H groups in total. The van der Waals surface area contributed by atoms with Crippen molar-refractivity contribution in [2.75, 3.05) is 19.0 Å². The Balaban J connectivity index is 1.64. The predicted octanol–water partition coefficient (Wildman–Crippen LogP) is 5.68. The van der Waals surface area contributed by atoms with Crippen LogP contribution < -0.4 is 10.3 Å². The van der Waals surface area contributed by atoms with Crippen molar-refractivity contribution in [3.8, 4) is 0 Å². The molecule has 28 heavy (non-hydrogen) atoms. The summed E-state index contributed by atoms with van der Waals surface area (Å²) in [6, 6.07) is 16.6. The fourth-order valence-corrected chi connectivity index (χ4v) is 3.71. The molecule has 1 amide bonds. The van der Waals surface area contributed by atoms with E-state index in [4.69, 9.17) is 16.0 Å². The van der Waals surface area contributed by atoms with E-state index in [1.165, 1.54) is 18.0 Å². The summed E-state index contributed by atoms with van der Waals surface area (Å²) in [4.78, 5) is 15.2. The Kier molecular flexibility index (Phi) is 6.83. The fourth-order valence-electron chi connectivity index (χ4n) is 2.26. The van der Waals surface area contributed by atoms with Gasteiger partial charge in [0.1, 0.15) is 5.76 Å². The molecule has 0 unspecified atom stereocenters. The summed E-state index contributed by atoms with van der Waals surface area (Å²) in [6.07, 6.45) is 1.46. The van der Waals surface area contributed by atoms with E-state index in [9.17, 15) is 4.79 Å². The van der Waals surface area contributed by atoms with Crippen LogP contribution in [0, 0.1) is 0 Å². The summed E-state index contributed by atoms with van der Waals surface area (Å²) < 4.78 is 6.57. The van der Waals surface area contributed by atoms with Crippen molar-refractivity contribution in [2.45, 2.75) is 9.99 Å². The number of amides is 1. The Bertz CT molecular complexity index is 1000. The summed E-state index contributed by atoms with van der Waals surface area (Å²) in [5.74, 6) is 0.229. The van der Waals surface area contributed by atoms with Gasteiger partial charge >= 0.3 is 0 Å². The number of halogens is 2. The lowest BCUT2D eigenvalue weighted by atomic mass is 10.2. The van der Waals surface area contributed by atoms with Crippen LogP contribution in [0.3, 0.4) is 0 Å². The van der Waals surface area contributed by atoms with Crippen molar-refractivity contribution in [2.24, 2.45) is 5.10 Å². The van der Waals surface area contributed by atoms with E-state index in [0.29, 0.717) is 21.4 Å². The maximum Gasteiger partial charge on any atom is 0.271 e. The Morgan fingerprint density at radius 3 is 2.68 bits per heavy atom. The SMILES string of the molecule is CN(C)c1cccc(C(=O)N/N=C\c2cc(Br)c(Sc3ccc(Cl)cc3)o2)c1. The van der Waals surface area contributed by atoms with Crippen LogP contribution in [0.2, 0.25) is 5.02 Å². The van der Waals surface area contributed by atoms with Gasteiger partial charge in [0.15, 0.2) is 5.09 Å². The van der Waals surface area contributed by atoms with Gasteiger partial charge in [0.25, 0.3) is 5.91 Å². The summed E-state index contributed by atoms with van der Waals surface area (Å²) in [6.45, 7) is 0. The molecule has 2 aromatic carbocycles. The molecule has 0 aliphatic heterocycles. The summed E-state index contributed by atoms with van der Waals surface area (Å²) >= 11 is 10.8. The lowest BCUT2D eigenvalue weighted by Crippen LogP contribution is -2.18. The van der Waals surface area contributed by atoms with Crippen molar-refractivity contribution in [3.05, 3.63) is 75.4 Å². The van der Waals surface area contributed by atoms with E-state index in [2.05, 4.69) is 26.5 Å². The maximum absolute atomic E-state index is 12.3. The first kappa shape index (κ1) is 20.5. The highest BCUT2D eigenvalue weighted by atomic mass is 79.9. The van der Waals surface area contributed by atoms with Crippen LogP contribution >= 0.6 is 39.3 Å². The van der Waals surface area contributed by atoms with E-state index in [-0.39, 0.29) is 5.91 Å². The minimum absolute atomic E-state index is 0.290. The van der Waals surface area contributed by atoms with Gasteiger partial charge in [-0.15, -0.1) is 0 Å². The molecule has 1 aromatic heterocycles. The first-order chi connectivity index (χ1) is 13.4. The van der Waals surface area contributed by atoms with E-state index < -0.39 is 0 Å². The van der Waals surface area contributed by atoms with Crippen LogP contribution in [-0.2, 0) is 0 Å². The van der Waals surface area contributed by atoms with Gasteiger partial charge < -0.3 is 9.32 Å². The third kappa shape index (κ3) is 5.41. The number of anilines is 1. The summed E-state index contributed by atoms with van der Waals surface area (Å²) in [5, 5.41) is 5.36. The zero-order valence-electron chi connectivity index (χ0n) is 15.1. The molecular formula is C20H17BrClN3O2S. The molecule has 3 aromatic rings. The average Bonchev–Trinajstić information content (AvgIpc) is 3.03. The Morgan fingerprint density at radius 2 is 1.96 bits per heavy atom. The Morgan fingerprint density at radius 1 is 1.21 bits per heavy atom. The van der Waals surface area contributed by atoms with E-state index in [1.54, 1.807) is 18.2 Å². The third-order valence-corrected chi connectivity index (χ3v) is 5.78. The molecule has 0 saturated heterocycles. The normalized spacial score (nSPS) is 11.0. The number of carbonyl (C=O) groups excluding carboxylic acids is 1. The van der Waals surface area contributed by atoms with Crippen LogP contribution in [0.1, 0.15) is 16.1 Å². The standard InChI is InChI=1S/C20H17BrClN3O2S/c1-25(2)15-5-3-4-13(10-15)19(26)24-23-12-16-11-18(21)20(27-16)28-17-8-6-14(22)7-9-17/h3-12H,1-2H3,(H,24,26)/b23-12-. The van der Waals surface area contributed by atoms with Gasteiger partial charge in [-0.1, -0.05) is 29.4 Å². The molecule has 0 fully saturated rings. The molecule has 1 heterocycles. The number of hydrazone groups is 1. The van der Waals surface area contributed by atoms with Crippen molar-refractivity contribution in [3.63, 3.8) is 0 Å². The number of hydrogen-bond donors (Lipinski definition) is 1. The highest BCUT2D eigenvalue weighted by molar-refractivity contribution is 9.10. The molecule has 0 atom stereocenters. The van der Waals surface area contributed by atoms with Gasteiger partial charge in [0, 0.05) is 41.3 Å². The fraction of sp³-hybridized carbons (Fsp3) is 0.100. The Labute approximate surface area is 180 Å². The van der Waals surface area contributed by atoms with E-state index in [1.807, 2.05) is 55.4 Å². The molecule has 0 radical (unpaired) electrons. The lowest BCUT2D eigenvalue weighted by Gasteiger charge is -2.12. The first-order valence-corrected chi connectivity index (χ1v) is 10.2. The molecule has 144 valence electrons. The minimum Gasteiger partial charge on any atom is -0.447 e. The Hall–Kier alpha value is -2.22. The quantitative estimate of drug-likeness (QED) is 0.366. The molecule has 8 heteroatoms. The van der Waals surface area contributed by atoms with Gasteiger partial charge in [-0.2, -0.15) is 5.10 Å². The zero-order chi connectivity index (χ0) is 20.1. The van der Waals surface area contributed by atoms with Crippen LogP contribution in [-0.4, -0.2) is 26.2 Å². The van der Waals surface area contributed by atoms with Gasteiger partial charge in [-0.05, 0) is 58.4 Å². The number of carbonyl (C=O) groups is 1. The van der Waals surface area contributed by atoms with E-state index >= 15 is 0 Å². The summed E-state index contributed by atoms with van der Waals surface area (Å²) in [5.41, 5.74) is 3.98. The van der Waals surface area contributed by atoms with Gasteiger partial charge in [-0.3, -0.25) is 4.79 Å². The second-order valence-electron chi connectivity index (χ2n) is 5.98. The first-order valence-electron chi connectivity index (χ1n) is 8.26. The van der Waals surface area contributed by atoms with E-state index in [0.717, 1.165) is 15.1 Å². The highest BCUT2D eigenvalue weighted by Crippen LogP contribution is 2.35. The average molecular weight is 479 g/mol. The van der Waals surface area contributed by atoms with Gasteiger partial charge in [-0.25, -0.2) is 5.43 Å². The predicted molar refractivity (Wildman–Crippen MR) is 118 cm³/mol. The summed E-state index contributed by atoms with van der Waals surface area (Å²) in [7, 11) is 3.84. The molecule has 0 saturated carbocycles. The third-order valence-electron chi connectivity index (χ3n) is 3.68.